The average molecular weight is 394 g/mol. The summed E-state index contributed by atoms with van der Waals surface area (Å²) in [6, 6.07) is 7.97. The Labute approximate surface area is 170 Å². The van der Waals surface area contributed by atoms with E-state index in [9.17, 15) is 14.9 Å². The van der Waals surface area contributed by atoms with Crippen molar-refractivity contribution in [3.8, 4) is 6.07 Å². The summed E-state index contributed by atoms with van der Waals surface area (Å²) in [6.07, 6.45) is 0.725. The van der Waals surface area contributed by atoms with E-state index < -0.39 is 0 Å². The molecule has 1 aliphatic heterocycles. The van der Waals surface area contributed by atoms with Gasteiger partial charge < -0.3 is 19.9 Å². The lowest BCUT2D eigenvalue weighted by molar-refractivity contribution is -0.116. The smallest absolute Gasteiger partial charge is 0.266 e. The van der Waals surface area contributed by atoms with Crippen LogP contribution in [0.25, 0.3) is 0 Å². The second kappa shape index (κ2) is 8.93. The van der Waals surface area contributed by atoms with Crippen molar-refractivity contribution < 1.29 is 9.53 Å². The van der Waals surface area contributed by atoms with E-state index in [4.69, 9.17) is 4.74 Å². The molecular formula is C22H26N4O3. The van der Waals surface area contributed by atoms with E-state index in [0.717, 1.165) is 48.8 Å². The van der Waals surface area contributed by atoms with Crippen LogP contribution in [0.1, 0.15) is 34.4 Å². The monoisotopic (exact) mass is 394 g/mol. The third kappa shape index (κ3) is 4.66. The first kappa shape index (κ1) is 20.6. The average Bonchev–Trinajstić information content (AvgIpc) is 2.70. The Kier molecular flexibility index (Phi) is 6.35. The molecule has 2 aromatic rings. The van der Waals surface area contributed by atoms with Gasteiger partial charge in [0, 0.05) is 36.6 Å². The van der Waals surface area contributed by atoms with Gasteiger partial charge in [0.2, 0.25) is 5.91 Å². The number of hydrogen-bond acceptors (Lipinski definition) is 5. The number of aryl methyl sites for hydroxylation is 2. The highest BCUT2D eigenvalue weighted by Crippen LogP contribution is 2.24. The van der Waals surface area contributed by atoms with Crippen LogP contribution in [0, 0.1) is 32.1 Å². The summed E-state index contributed by atoms with van der Waals surface area (Å²) in [6.45, 7) is 8.72. The zero-order chi connectivity index (χ0) is 21.0. The van der Waals surface area contributed by atoms with Crippen LogP contribution >= 0.6 is 0 Å². The first-order valence-electron chi connectivity index (χ1n) is 9.76. The number of morpholine rings is 1. The summed E-state index contributed by atoms with van der Waals surface area (Å²) < 4.78 is 5.39. The molecule has 3 rings (SSSR count). The van der Waals surface area contributed by atoms with Crippen LogP contribution in [0.4, 0.5) is 11.4 Å². The zero-order valence-electron chi connectivity index (χ0n) is 17.1. The first-order chi connectivity index (χ1) is 13.9. The predicted molar refractivity (Wildman–Crippen MR) is 112 cm³/mol. The van der Waals surface area contributed by atoms with Crippen molar-refractivity contribution in [1.82, 2.24) is 4.98 Å². The van der Waals surface area contributed by atoms with Gasteiger partial charge in [0.15, 0.2) is 0 Å². The number of carbonyl (C=O) groups excluding carboxylic acids is 1. The summed E-state index contributed by atoms with van der Waals surface area (Å²) in [5.74, 6) is -0.101. The van der Waals surface area contributed by atoms with Crippen LogP contribution in [0.3, 0.4) is 0 Å². The van der Waals surface area contributed by atoms with Crippen molar-refractivity contribution in [3.63, 3.8) is 0 Å². The summed E-state index contributed by atoms with van der Waals surface area (Å²) in [7, 11) is 0. The van der Waals surface area contributed by atoms with Gasteiger partial charge in [-0.2, -0.15) is 5.26 Å². The van der Waals surface area contributed by atoms with Crippen LogP contribution in [-0.2, 0) is 16.0 Å². The highest BCUT2D eigenvalue weighted by atomic mass is 16.5. The summed E-state index contributed by atoms with van der Waals surface area (Å²) in [5.41, 5.74) is 4.85. The van der Waals surface area contributed by atoms with Crippen molar-refractivity contribution in [2.75, 3.05) is 36.5 Å². The Morgan fingerprint density at radius 3 is 2.66 bits per heavy atom. The lowest BCUT2D eigenvalue weighted by Crippen LogP contribution is -2.36. The Hall–Kier alpha value is -3.11. The lowest BCUT2D eigenvalue weighted by Gasteiger charge is -2.29. The number of nitriles is 1. The third-order valence-corrected chi connectivity index (χ3v) is 5.38. The van der Waals surface area contributed by atoms with Gasteiger partial charge in [0.25, 0.3) is 5.56 Å². The van der Waals surface area contributed by atoms with Crippen LogP contribution in [0.2, 0.25) is 0 Å². The summed E-state index contributed by atoms with van der Waals surface area (Å²) in [5, 5.41) is 12.1. The lowest BCUT2D eigenvalue weighted by atomic mass is 9.99. The molecule has 1 fully saturated rings. The molecule has 1 saturated heterocycles. The predicted octanol–water partition coefficient (Wildman–Crippen LogP) is 2.58. The number of hydrogen-bond donors (Lipinski definition) is 2. The van der Waals surface area contributed by atoms with E-state index in [-0.39, 0.29) is 23.5 Å². The molecular weight excluding hydrogens is 368 g/mol. The van der Waals surface area contributed by atoms with E-state index in [2.05, 4.69) is 21.3 Å². The Morgan fingerprint density at radius 2 is 2.00 bits per heavy atom. The van der Waals surface area contributed by atoms with Gasteiger partial charge in [0.05, 0.1) is 13.2 Å². The summed E-state index contributed by atoms with van der Waals surface area (Å²) >= 11 is 0. The molecule has 0 bridgehead atoms. The topological polar surface area (TPSA) is 98.2 Å². The number of H-pyrrole nitrogens is 1. The molecule has 7 nitrogen and oxygen atoms in total. The van der Waals surface area contributed by atoms with E-state index in [0.29, 0.717) is 17.7 Å². The molecule has 0 atom stereocenters. The van der Waals surface area contributed by atoms with Gasteiger partial charge in [-0.15, -0.1) is 0 Å². The maximum atomic E-state index is 12.5. The number of anilines is 2. The summed E-state index contributed by atoms with van der Waals surface area (Å²) in [4.78, 5) is 29.3. The molecule has 0 saturated carbocycles. The zero-order valence-corrected chi connectivity index (χ0v) is 17.1. The molecule has 1 aromatic heterocycles. The second-order valence-electron chi connectivity index (χ2n) is 7.32. The number of pyridine rings is 1. The minimum Gasteiger partial charge on any atom is -0.378 e. The fourth-order valence-corrected chi connectivity index (χ4v) is 3.68. The van der Waals surface area contributed by atoms with E-state index in [1.165, 1.54) is 0 Å². The third-order valence-electron chi connectivity index (χ3n) is 5.38. The maximum Gasteiger partial charge on any atom is 0.266 e. The minimum absolute atomic E-state index is 0.101. The fourth-order valence-electron chi connectivity index (χ4n) is 3.68. The maximum absolute atomic E-state index is 12.5. The largest absolute Gasteiger partial charge is 0.378 e. The van der Waals surface area contributed by atoms with E-state index in [1.807, 2.05) is 25.1 Å². The normalized spacial score (nSPS) is 13.8. The van der Waals surface area contributed by atoms with Crippen LogP contribution in [0.15, 0.2) is 23.0 Å². The molecule has 1 aromatic carbocycles. The SMILES string of the molecule is Cc1cc(N2CCOCC2)ccc1NC(=O)CCc1c(C)[nH]c(=O)c(C#N)c1C. The second-order valence-corrected chi connectivity index (χ2v) is 7.32. The fraction of sp³-hybridized carbons (Fsp3) is 0.409. The molecule has 2 N–H and O–H groups in total. The molecule has 0 spiro atoms. The highest BCUT2D eigenvalue weighted by Gasteiger charge is 2.15. The Morgan fingerprint density at radius 1 is 1.28 bits per heavy atom. The molecule has 7 heteroatoms. The minimum atomic E-state index is -0.383. The molecule has 0 radical (unpaired) electrons. The van der Waals surface area contributed by atoms with Crippen molar-refractivity contribution >= 4 is 17.3 Å². The van der Waals surface area contributed by atoms with Gasteiger partial charge in [-0.1, -0.05) is 0 Å². The number of rotatable bonds is 5. The number of carbonyl (C=O) groups is 1. The van der Waals surface area contributed by atoms with Crippen molar-refractivity contribution in [2.45, 2.75) is 33.6 Å². The van der Waals surface area contributed by atoms with E-state index >= 15 is 0 Å². The molecule has 0 aliphatic carbocycles. The van der Waals surface area contributed by atoms with Gasteiger partial charge in [-0.05, 0) is 62.1 Å². The quantitative estimate of drug-likeness (QED) is 0.812. The molecule has 1 aliphatic rings. The van der Waals surface area contributed by atoms with E-state index in [1.54, 1.807) is 13.8 Å². The molecule has 29 heavy (non-hydrogen) atoms. The number of ether oxygens (including phenoxy) is 1. The molecule has 0 unspecified atom stereocenters. The van der Waals surface area contributed by atoms with Crippen LogP contribution in [0.5, 0.6) is 0 Å². The molecule has 1 amide bonds. The Balaban J connectivity index is 1.66. The first-order valence-corrected chi connectivity index (χ1v) is 9.76. The van der Waals surface area contributed by atoms with Crippen LogP contribution < -0.4 is 15.8 Å². The van der Waals surface area contributed by atoms with Crippen molar-refractivity contribution in [3.05, 3.63) is 56.5 Å². The van der Waals surface area contributed by atoms with Crippen LogP contribution in [-0.4, -0.2) is 37.2 Å². The molecule has 2 heterocycles. The van der Waals surface area contributed by atoms with Crippen molar-refractivity contribution in [2.24, 2.45) is 0 Å². The number of nitrogens with zero attached hydrogens (tertiary/aromatic N) is 2. The molecule has 152 valence electrons. The standard InChI is InChI=1S/C22H26N4O3/c1-14-12-17(26-8-10-29-11-9-26)4-6-20(14)25-21(27)7-5-18-15(2)19(13-23)22(28)24-16(18)3/h4,6,12H,5,7-11H2,1-3H3,(H,24,28)(H,25,27). The van der Waals surface area contributed by atoms with Gasteiger partial charge in [0.1, 0.15) is 11.6 Å². The van der Waals surface area contributed by atoms with Gasteiger partial charge >= 0.3 is 0 Å². The number of amides is 1. The number of aromatic nitrogens is 1. The van der Waals surface area contributed by atoms with Crippen molar-refractivity contribution in [1.29, 1.82) is 5.26 Å². The Bertz CT molecular complexity index is 1010. The highest BCUT2D eigenvalue weighted by molar-refractivity contribution is 5.92. The number of benzene rings is 1. The van der Waals surface area contributed by atoms with Gasteiger partial charge in [-0.25, -0.2) is 0 Å². The number of nitrogens with one attached hydrogen (secondary N) is 2. The number of aromatic amines is 1. The van der Waals surface area contributed by atoms with Gasteiger partial charge in [-0.3, -0.25) is 9.59 Å².